The maximum absolute atomic E-state index is 5.95. The Balaban J connectivity index is 1.94. The maximum Gasteiger partial charge on any atom is 0.220 e. The van der Waals surface area contributed by atoms with E-state index < -0.39 is 0 Å². The second-order valence-electron chi connectivity index (χ2n) is 4.73. The monoisotopic (exact) mass is 393 g/mol. The molecular formula is C17H13BrClNO3. The summed E-state index contributed by atoms with van der Waals surface area (Å²) < 4.78 is 17.1. The second-order valence-corrected chi connectivity index (χ2v) is 6.02. The van der Waals surface area contributed by atoms with E-state index >= 15 is 0 Å². The Morgan fingerprint density at radius 2 is 1.83 bits per heavy atom. The molecule has 0 amide bonds. The standard InChI is InChI=1S/C17H13BrClNO3/c1-21-15-7-10(12(18)9-16(15)22-2)3-6-17-20-13-8-11(19)4-5-14(13)23-17/h3-9H,1-2H3/b6-3+. The molecule has 1 heterocycles. The third-order valence-corrected chi connectivity index (χ3v) is 4.20. The molecule has 3 rings (SSSR count). The number of benzene rings is 2. The van der Waals surface area contributed by atoms with Crippen LogP contribution in [0, 0.1) is 0 Å². The molecule has 0 aliphatic carbocycles. The predicted octanol–water partition coefficient (Wildman–Crippen LogP) is 5.43. The highest BCUT2D eigenvalue weighted by molar-refractivity contribution is 9.10. The Hall–Kier alpha value is -1.98. The van der Waals surface area contributed by atoms with Crippen LogP contribution in [0.4, 0.5) is 0 Å². The molecule has 6 heteroatoms. The van der Waals surface area contributed by atoms with E-state index in [0.29, 0.717) is 28.0 Å². The van der Waals surface area contributed by atoms with Gasteiger partial charge in [0.15, 0.2) is 17.1 Å². The van der Waals surface area contributed by atoms with Gasteiger partial charge in [-0.05, 0) is 42.0 Å². The molecule has 0 atom stereocenters. The first-order chi connectivity index (χ1) is 11.1. The quantitative estimate of drug-likeness (QED) is 0.592. The number of rotatable bonds is 4. The number of aromatic nitrogens is 1. The fourth-order valence-electron chi connectivity index (χ4n) is 2.15. The van der Waals surface area contributed by atoms with E-state index in [0.717, 1.165) is 15.6 Å². The zero-order chi connectivity index (χ0) is 16.4. The Morgan fingerprint density at radius 1 is 1.09 bits per heavy atom. The van der Waals surface area contributed by atoms with Crippen molar-refractivity contribution in [1.82, 2.24) is 4.98 Å². The van der Waals surface area contributed by atoms with Gasteiger partial charge in [0.1, 0.15) is 5.52 Å². The number of oxazole rings is 1. The van der Waals surface area contributed by atoms with E-state index in [4.69, 9.17) is 25.5 Å². The Labute approximate surface area is 146 Å². The summed E-state index contributed by atoms with van der Waals surface area (Å²) in [6.45, 7) is 0. The predicted molar refractivity (Wildman–Crippen MR) is 95.2 cm³/mol. The maximum atomic E-state index is 5.95. The first-order valence-corrected chi connectivity index (χ1v) is 7.93. The lowest BCUT2D eigenvalue weighted by atomic mass is 10.2. The summed E-state index contributed by atoms with van der Waals surface area (Å²) in [6, 6.07) is 9.06. The molecule has 0 N–H and O–H groups in total. The van der Waals surface area contributed by atoms with Gasteiger partial charge >= 0.3 is 0 Å². The third-order valence-electron chi connectivity index (χ3n) is 3.27. The average Bonchev–Trinajstić information content (AvgIpc) is 2.95. The number of fused-ring (bicyclic) bond motifs is 1. The molecule has 0 unspecified atom stereocenters. The van der Waals surface area contributed by atoms with Crippen LogP contribution in [0.5, 0.6) is 11.5 Å². The van der Waals surface area contributed by atoms with Crippen molar-refractivity contribution in [3.63, 3.8) is 0 Å². The summed E-state index contributed by atoms with van der Waals surface area (Å²) >= 11 is 9.47. The van der Waals surface area contributed by atoms with Gasteiger partial charge in [-0.25, -0.2) is 4.98 Å². The average molecular weight is 395 g/mol. The van der Waals surface area contributed by atoms with Crippen LogP contribution in [-0.2, 0) is 0 Å². The van der Waals surface area contributed by atoms with Crippen LogP contribution >= 0.6 is 27.5 Å². The Kier molecular flexibility index (Phi) is 4.59. The number of hydrogen-bond donors (Lipinski definition) is 0. The smallest absolute Gasteiger partial charge is 0.220 e. The van der Waals surface area contributed by atoms with Crippen molar-refractivity contribution in [2.45, 2.75) is 0 Å². The minimum atomic E-state index is 0.504. The van der Waals surface area contributed by atoms with Crippen LogP contribution in [-0.4, -0.2) is 19.2 Å². The lowest BCUT2D eigenvalue weighted by Crippen LogP contribution is -1.91. The van der Waals surface area contributed by atoms with Crippen molar-refractivity contribution in [3.8, 4) is 11.5 Å². The number of halogens is 2. The Bertz CT molecular complexity index is 889. The Morgan fingerprint density at radius 3 is 2.57 bits per heavy atom. The van der Waals surface area contributed by atoms with Crippen molar-refractivity contribution in [3.05, 3.63) is 51.3 Å². The summed E-state index contributed by atoms with van der Waals surface area (Å²) in [6.07, 6.45) is 3.68. The van der Waals surface area contributed by atoms with Crippen LogP contribution in [0.2, 0.25) is 5.02 Å². The minimum absolute atomic E-state index is 0.504. The number of nitrogens with zero attached hydrogens (tertiary/aromatic N) is 1. The number of hydrogen-bond acceptors (Lipinski definition) is 4. The van der Waals surface area contributed by atoms with E-state index in [1.54, 1.807) is 38.5 Å². The van der Waals surface area contributed by atoms with Gasteiger partial charge in [-0.15, -0.1) is 0 Å². The van der Waals surface area contributed by atoms with Crippen molar-refractivity contribution in [2.75, 3.05) is 14.2 Å². The molecule has 0 fully saturated rings. The zero-order valence-corrected chi connectivity index (χ0v) is 14.8. The van der Waals surface area contributed by atoms with Crippen molar-refractivity contribution >= 4 is 50.8 Å². The van der Waals surface area contributed by atoms with Crippen molar-refractivity contribution < 1.29 is 13.9 Å². The molecule has 3 aromatic rings. The highest BCUT2D eigenvalue weighted by Gasteiger charge is 2.08. The van der Waals surface area contributed by atoms with E-state index in [1.807, 2.05) is 18.2 Å². The van der Waals surface area contributed by atoms with Gasteiger partial charge in [0, 0.05) is 15.6 Å². The van der Waals surface area contributed by atoms with Gasteiger partial charge in [0.05, 0.1) is 14.2 Å². The van der Waals surface area contributed by atoms with E-state index in [9.17, 15) is 0 Å². The van der Waals surface area contributed by atoms with Gasteiger partial charge in [-0.2, -0.15) is 0 Å². The fraction of sp³-hybridized carbons (Fsp3) is 0.118. The molecule has 0 saturated carbocycles. The van der Waals surface area contributed by atoms with E-state index in [2.05, 4.69) is 20.9 Å². The van der Waals surface area contributed by atoms with Crippen molar-refractivity contribution in [1.29, 1.82) is 0 Å². The lowest BCUT2D eigenvalue weighted by Gasteiger charge is -2.09. The van der Waals surface area contributed by atoms with Gasteiger partial charge in [0.25, 0.3) is 0 Å². The summed E-state index contributed by atoms with van der Waals surface area (Å²) in [5.74, 6) is 1.82. The SMILES string of the molecule is COc1cc(Br)c(/C=C/c2nc3cc(Cl)ccc3o2)cc1OC. The number of ether oxygens (including phenoxy) is 2. The van der Waals surface area contributed by atoms with Crippen LogP contribution in [0.15, 0.2) is 39.2 Å². The first kappa shape index (κ1) is 15.9. The highest BCUT2D eigenvalue weighted by atomic mass is 79.9. The summed E-state index contributed by atoms with van der Waals surface area (Å²) in [4.78, 5) is 4.39. The first-order valence-electron chi connectivity index (χ1n) is 6.76. The summed E-state index contributed by atoms with van der Waals surface area (Å²) in [5, 5.41) is 0.629. The van der Waals surface area contributed by atoms with Crippen LogP contribution in [0.25, 0.3) is 23.3 Å². The molecule has 118 valence electrons. The van der Waals surface area contributed by atoms with Crippen molar-refractivity contribution in [2.24, 2.45) is 0 Å². The minimum Gasteiger partial charge on any atom is -0.493 e. The van der Waals surface area contributed by atoms with E-state index in [-0.39, 0.29) is 0 Å². The third kappa shape index (κ3) is 3.35. The van der Waals surface area contributed by atoms with Gasteiger partial charge in [0.2, 0.25) is 5.89 Å². The van der Waals surface area contributed by atoms with Gasteiger partial charge in [-0.3, -0.25) is 0 Å². The van der Waals surface area contributed by atoms with E-state index in [1.165, 1.54) is 0 Å². The molecule has 0 aliphatic rings. The molecule has 0 saturated heterocycles. The molecule has 4 nitrogen and oxygen atoms in total. The largest absolute Gasteiger partial charge is 0.493 e. The molecule has 0 radical (unpaired) electrons. The number of methoxy groups -OCH3 is 2. The van der Waals surface area contributed by atoms with Gasteiger partial charge in [-0.1, -0.05) is 27.5 Å². The molecule has 2 aromatic carbocycles. The van der Waals surface area contributed by atoms with Crippen LogP contribution in [0.1, 0.15) is 11.5 Å². The highest BCUT2D eigenvalue weighted by Crippen LogP contribution is 2.34. The van der Waals surface area contributed by atoms with Crippen LogP contribution < -0.4 is 9.47 Å². The lowest BCUT2D eigenvalue weighted by molar-refractivity contribution is 0.354. The molecule has 0 spiro atoms. The van der Waals surface area contributed by atoms with Gasteiger partial charge < -0.3 is 13.9 Å². The fourth-order valence-corrected chi connectivity index (χ4v) is 2.77. The molecule has 1 aromatic heterocycles. The van der Waals surface area contributed by atoms with Crippen LogP contribution in [0.3, 0.4) is 0 Å². The normalized spacial score (nSPS) is 11.3. The molecule has 0 aliphatic heterocycles. The zero-order valence-electron chi connectivity index (χ0n) is 12.5. The molecule has 0 bridgehead atoms. The topological polar surface area (TPSA) is 44.5 Å². The molecular weight excluding hydrogens is 382 g/mol. The second kappa shape index (κ2) is 6.64. The summed E-state index contributed by atoms with van der Waals surface area (Å²) in [7, 11) is 3.20. The summed E-state index contributed by atoms with van der Waals surface area (Å²) in [5.41, 5.74) is 2.34. The molecule has 23 heavy (non-hydrogen) atoms.